The van der Waals surface area contributed by atoms with Crippen LogP contribution in [0.2, 0.25) is 0 Å². The van der Waals surface area contributed by atoms with Gasteiger partial charge >= 0.3 is 0 Å². The molecule has 2 amide bonds. The normalized spacial score (nSPS) is 10.3. The number of hydrogen-bond donors (Lipinski definition) is 3. The number of carbonyl (C=O) groups excluding carboxylic acids is 2. The summed E-state index contributed by atoms with van der Waals surface area (Å²) < 4.78 is 0. The van der Waals surface area contributed by atoms with E-state index in [1.807, 2.05) is 19.1 Å². The maximum absolute atomic E-state index is 11.9. The Morgan fingerprint density at radius 3 is 2.43 bits per heavy atom. The third-order valence-electron chi connectivity index (χ3n) is 3.15. The van der Waals surface area contributed by atoms with Crippen molar-refractivity contribution in [1.29, 1.82) is 0 Å². The minimum atomic E-state index is -0.242. The number of benzene rings is 1. The predicted octanol–water partition coefficient (Wildman–Crippen LogP) is 1.11. The molecular formula is C16H20N4O2S. The summed E-state index contributed by atoms with van der Waals surface area (Å²) in [5, 5.41) is 8.06. The van der Waals surface area contributed by atoms with Crippen LogP contribution < -0.4 is 16.4 Å². The Morgan fingerprint density at radius 2 is 1.78 bits per heavy atom. The van der Waals surface area contributed by atoms with Gasteiger partial charge in [0.05, 0.1) is 5.01 Å². The molecule has 0 aliphatic heterocycles. The highest BCUT2D eigenvalue weighted by Gasteiger charge is 2.10. The summed E-state index contributed by atoms with van der Waals surface area (Å²) in [5.41, 5.74) is 7.55. The van der Waals surface area contributed by atoms with Gasteiger partial charge < -0.3 is 16.4 Å². The van der Waals surface area contributed by atoms with Crippen LogP contribution in [-0.4, -0.2) is 36.4 Å². The van der Waals surface area contributed by atoms with E-state index in [1.54, 1.807) is 17.5 Å². The standard InChI is InChI=1S/C16H20N4O2S/c1-11-2-4-12(5-3-11)15(21)18-8-9-19-16(22)13-10-23-14(20-13)6-7-17/h2-5,10H,6-9,17H2,1H3,(H,18,21)(H,19,22). The number of nitrogens with zero attached hydrogens (tertiary/aromatic N) is 1. The highest BCUT2D eigenvalue weighted by molar-refractivity contribution is 7.09. The topological polar surface area (TPSA) is 97.1 Å². The molecule has 0 fully saturated rings. The molecule has 122 valence electrons. The number of hydrogen-bond acceptors (Lipinski definition) is 5. The van der Waals surface area contributed by atoms with Gasteiger partial charge in [0.1, 0.15) is 5.69 Å². The first-order chi connectivity index (χ1) is 11.1. The Bertz CT molecular complexity index is 667. The Morgan fingerprint density at radius 1 is 1.13 bits per heavy atom. The molecule has 0 aliphatic rings. The molecule has 2 aromatic rings. The number of aryl methyl sites for hydroxylation is 1. The van der Waals surface area contributed by atoms with Gasteiger partial charge in [-0.2, -0.15) is 0 Å². The van der Waals surface area contributed by atoms with Crippen molar-refractivity contribution in [1.82, 2.24) is 15.6 Å². The summed E-state index contributed by atoms with van der Waals surface area (Å²) in [7, 11) is 0. The zero-order chi connectivity index (χ0) is 16.7. The molecule has 23 heavy (non-hydrogen) atoms. The summed E-state index contributed by atoms with van der Waals surface area (Å²) in [4.78, 5) is 28.0. The van der Waals surface area contributed by atoms with E-state index >= 15 is 0 Å². The van der Waals surface area contributed by atoms with Crippen molar-refractivity contribution in [3.05, 3.63) is 51.5 Å². The molecule has 1 aromatic heterocycles. The van der Waals surface area contributed by atoms with E-state index in [9.17, 15) is 9.59 Å². The highest BCUT2D eigenvalue weighted by Crippen LogP contribution is 2.09. The second kappa shape index (κ2) is 8.40. The van der Waals surface area contributed by atoms with Crippen LogP contribution in [-0.2, 0) is 6.42 Å². The van der Waals surface area contributed by atoms with E-state index in [2.05, 4.69) is 15.6 Å². The van der Waals surface area contributed by atoms with Crippen LogP contribution in [0.25, 0.3) is 0 Å². The minimum absolute atomic E-state index is 0.155. The first-order valence-corrected chi connectivity index (χ1v) is 8.25. The van der Waals surface area contributed by atoms with Crippen LogP contribution in [0.5, 0.6) is 0 Å². The monoisotopic (exact) mass is 332 g/mol. The van der Waals surface area contributed by atoms with Crippen LogP contribution in [0, 0.1) is 6.92 Å². The molecule has 0 bridgehead atoms. The Balaban J connectivity index is 1.72. The van der Waals surface area contributed by atoms with Crippen LogP contribution >= 0.6 is 11.3 Å². The lowest BCUT2D eigenvalue weighted by atomic mass is 10.1. The quantitative estimate of drug-likeness (QED) is 0.662. The first-order valence-electron chi connectivity index (χ1n) is 7.37. The van der Waals surface area contributed by atoms with E-state index in [1.165, 1.54) is 11.3 Å². The lowest BCUT2D eigenvalue weighted by Crippen LogP contribution is -2.34. The average molecular weight is 332 g/mol. The van der Waals surface area contributed by atoms with Gasteiger partial charge in [0, 0.05) is 30.5 Å². The minimum Gasteiger partial charge on any atom is -0.350 e. The van der Waals surface area contributed by atoms with E-state index in [0.29, 0.717) is 37.3 Å². The Kier molecular flexibility index (Phi) is 6.25. The lowest BCUT2D eigenvalue weighted by Gasteiger charge is -2.06. The number of nitrogens with one attached hydrogen (secondary N) is 2. The largest absolute Gasteiger partial charge is 0.350 e. The molecule has 0 radical (unpaired) electrons. The van der Waals surface area contributed by atoms with Crippen molar-refractivity contribution in [2.45, 2.75) is 13.3 Å². The zero-order valence-electron chi connectivity index (χ0n) is 13.0. The molecule has 0 aliphatic carbocycles. The van der Waals surface area contributed by atoms with Crippen LogP contribution in [0.4, 0.5) is 0 Å². The van der Waals surface area contributed by atoms with Crippen molar-refractivity contribution >= 4 is 23.2 Å². The van der Waals surface area contributed by atoms with E-state index in [0.717, 1.165) is 10.6 Å². The van der Waals surface area contributed by atoms with Gasteiger partial charge in [0.2, 0.25) is 0 Å². The van der Waals surface area contributed by atoms with Gasteiger partial charge in [-0.25, -0.2) is 4.98 Å². The number of aromatic nitrogens is 1. The summed E-state index contributed by atoms with van der Waals surface area (Å²) in [6, 6.07) is 7.32. The average Bonchev–Trinajstić information content (AvgIpc) is 3.01. The fourth-order valence-corrected chi connectivity index (χ4v) is 2.70. The molecule has 2 rings (SSSR count). The summed E-state index contributed by atoms with van der Waals surface area (Å²) >= 11 is 1.42. The van der Waals surface area contributed by atoms with E-state index in [4.69, 9.17) is 5.73 Å². The maximum Gasteiger partial charge on any atom is 0.270 e. The van der Waals surface area contributed by atoms with Crippen molar-refractivity contribution in [3.8, 4) is 0 Å². The van der Waals surface area contributed by atoms with Crippen LogP contribution in [0.15, 0.2) is 29.6 Å². The predicted molar refractivity (Wildman–Crippen MR) is 90.7 cm³/mol. The summed E-state index contributed by atoms with van der Waals surface area (Å²) in [6.07, 6.45) is 0.671. The number of rotatable bonds is 7. The van der Waals surface area contributed by atoms with Gasteiger partial charge in [-0.3, -0.25) is 9.59 Å². The molecule has 0 atom stereocenters. The third kappa shape index (κ3) is 5.15. The Hall–Kier alpha value is -2.25. The fraction of sp³-hybridized carbons (Fsp3) is 0.312. The van der Waals surface area contributed by atoms with Crippen molar-refractivity contribution in [3.63, 3.8) is 0 Å². The third-order valence-corrected chi connectivity index (χ3v) is 4.06. The van der Waals surface area contributed by atoms with Crippen molar-refractivity contribution in [2.75, 3.05) is 19.6 Å². The fourth-order valence-electron chi connectivity index (χ4n) is 1.90. The number of amides is 2. The summed E-state index contributed by atoms with van der Waals surface area (Å²) in [6.45, 7) is 3.19. The number of nitrogens with two attached hydrogens (primary N) is 1. The zero-order valence-corrected chi connectivity index (χ0v) is 13.8. The number of carbonyl (C=O) groups is 2. The smallest absolute Gasteiger partial charge is 0.270 e. The molecule has 0 saturated carbocycles. The van der Waals surface area contributed by atoms with Crippen LogP contribution in [0.3, 0.4) is 0 Å². The van der Waals surface area contributed by atoms with Crippen molar-refractivity contribution < 1.29 is 9.59 Å². The lowest BCUT2D eigenvalue weighted by molar-refractivity contribution is 0.0925. The number of thiazole rings is 1. The van der Waals surface area contributed by atoms with Gasteiger partial charge in [-0.1, -0.05) is 17.7 Å². The molecule has 0 spiro atoms. The van der Waals surface area contributed by atoms with Gasteiger partial charge in [0.15, 0.2) is 0 Å². The van der Waals surface area contributed by atoms with Gasteiger partial charge in [0.25, 0.3) is 11.8 Å². The molecule has 0 saturated heterocycles. The highest BCUT2D eigenvalue weighted by atomic mass is 32.1. The molecule has 6 nitrogen and oxygen atoms in total. The molecule has 1 heterocycles. The van der Waals surface area contributed by atoms with Gasteiger partial charge in [-0.15, -0.1) is 11.3 Å². The molecule has 1 aromatic carbocycles. The SMILES string of the molecule is Cc1ccc(C(=O)NCCNC(=O)c2csc(CCN)n2)cc1. The molecular weight excluding hydrogens is 312 g/mol. The van der Waals surface area contributed by atoms with Crippen molar-refractivity contribution in [2.24, 2.45) is 5.73 Å². The Labute approximate surface area is 139 Å². The summed E-state index contributed by atoms with van der Waals surface area (Å²) in [5.74, 6) is -0.396. The second-order valence-corrected chi connectivity index (χ2v) is 5.99. The van der Waals surface area contributed by atoms with Crippen LogP contribution in [0.1, 0.15) is 31.4 Å². The maximum atomic E-state index is 11.9. The molecule has 7 heteroatoms. The molecule has 0 unspecified atom stereocenters. The van der Waals surface area contributed by atoms with Gasteiger partial charge in [-0.05, 0) is 25.6 Å². The first kappa shape index (κ1) is 17.1. The molecule has 4 N–H and O–H groups in total. The van der Waals surface area contributed by atoms with E-state index < -0.39 is 0 Å². The van der Waals surface area contributed by atoms with E-state index in [-0.39, 0.29) is 11.8 Å². The second-order valence-electron chi connectivity index (χ2n) is 5.04.